The van der Waals surface area contributed by atoms with Gasteiger partial charge in [0.1, 0.15) is 5.75 Å². The second-order valence-corrected chi connectivity index (χ2v) is 8.79. The fourth-order valence-electron chi connectivity index (χ4n) is 3.43. The molecule has 6 nitrogen and oxygen atoms in total. The predicted octanol–water partition coefficient (Wildman–Crippen LogP) is 4.71. The number of nitrogens with one attached hydrogen (secondary N) is 1. The lowest BCUT2D eigenvalue weighted by molar-refractivity contribution is -0.132. The summed E-state index contributed by atoms with van der Waals surface area (Å²) < 4.78 is 5.52. The summed E-state index contributed by atoms with van der Waals surface area (Å²) in [4.78, 5) is 28.9. The van der Waals surface area contributed by atoms with Crippen LogP contribution in [0.1, 0.15) is 20.3 Å². The monoisotopic (exact) mass is 463 g/mol. The molecule has 0 aliphatic carbocycles. The van der Waals surface area contributed by atoms with Crippen LogP contribution in [0.3, 0.4) is 0 Å². The molecule has 31 heavy (non-hydrogen) atoms. The van der Waals surface area contributed by atoms with Crippen LogP contribution >= 0.6 is 23.2 Å². The van der Waals surface area contributed by atoms with Crippen LogP contribution in [0.2, 0.25) is 10.0 Å². The van der Waals surface area contributed by atoms with Crippen molar-refractivity contribution in [1.82, 2.24) is 4.90 Å². The van der Waals surface area contributed by atoms with Crippen LogP contribution in [0.4, 0.5) is 11.4 Å². The van der Waals surface area contributed by atoms with Crippen LogP contribution < -0.4 is 15.0 Å². The number of rotatable bonds is 7. The van der Waals surface area contributed by atoms with Gasteiger partial charge in [-0.2, -0.15) is 0 Å². The first kappa shape index (κ1) is 23.2. The van der Waals surface area contributed by atoms with Crippen molar-refractivity contribution in [1.29, 1.82) is 0 Å². The highest BCUT2D eigenvalue weighted by Crippen LogP contribution is 2.30. The minimum absolute atomic E-state index is 0.134. The molecule has 2 amide bonds. The van der Waals surface area contributed by atoms with Crippen LogP contribution in [0, 0.1) is 5.92 Å². The molecule has 0 bridgehead atoms. The zero-order valence-corrected chi connectivity index (χ0v) is 19.2. The highest BCUT2D eigenvalue weighted by molar-refractivity contribution is 6.31. The van der Waals surface area contributed by atoms with E-state index in [4.69, 9.17) is 27.9 Å². The number of benzene rings is 2. The maximum atomic E-state index is 12.5. The first-order valence-electron chi connectivity index (χ1n) is 10.3. The Bertz CT molecular complexity index is 911. The van der Waals surface area contributed by atoms with Gasteiger partial charge >= 0.3 is 0 Å². The number of piperazine rings is 1. The molecule has 1 fully saturated rings. The maximum absolute atomic E-state index is 12.5. The lowest BCUT2D eigenvalue weighted by Gasteiger charge is -2.37. The molecule has 1 heterocycles. The summed E-state index contributed by atoms with van der Waals surface area (Å²) in [6, 6.07) is 12.2. The summed E-state index contributed by atoms with van der Waals surface area (Å²) in [7, 11) is 0. The number of amides is 2. The van der Waals surface area contributed by atoms with Crippen molar-refractivity contribution in [3.8, 4) is 5.75 Å². The predicted molar refractivity (Wildman–Crippen MR) is 125 cm³/mol. The third-order valence-electron chi connectivity index (χ3n) is 4.97. The van der Waals surface area contributed by atoms with Crippen molar-refractivity contribution in [2.75, 3.05) is 43.0 Å². The Kier molecular flexibility index (Phi) is 8.04. The largest absolute Gasteiger partial charge is 0.484 e. The van der Waals surface area contributed by atoms with Gasteiger partial charge in [0.25, 0.3) is 5.91 Å². The van der Waals surface area contributed by atoms with Gasteiger partial charge in [-0.25, -0.2) is 0 Å². The first-order valence-corrected chi connectivity index (χ1v) is 11.1. The zero-order valence-electron chi connectivity index (χ0n) is 17.7. The van der Waals surface area contributed by atoms with Crippen LogP contribution in [0.25, 0.3) is 0 Å². The van der Waals surface area contributed by atoms with Gasteiger partial charge in [-0.15, -0.1) is 0 Å². The van der Waals surface area contributed by atoms with Crippen molar-refractivity contribution in [2.45, 2.75) is 20.3 Å². The van der Waals surface area contributed by atoms with E-state index in [1.807, 2.05) is 24.8 Å². The Morgan fingerprint density at radius 1 is 1.00 bits per heavy atom. The van der Waals surface area contributed by atoms with Gasteiger partial charge in [0.2, 0.25) is 5.91 Å². The summed E-state index contributed by atoms with van der Waals surface area (Å²) in [5.41, 5.74) is 1.50. The fraction of sp³-hybridized carbons (Fsp3) is 0.391. The number of anilines is 2. The van der Waals surface area contributed by atoms with Gasteiger partial charge in [-0.05, 0) is 48.4 Å². The smallest absolute Gasteiger partial charge is 0.262 e. The molecule has 1 aliphatic heterocycles. The Labute approximate surface area is 193 Å². The van der Waals surface area contributed by atoms with Gasteiger partial charge in [-0.3, -0.25) is 9.59 Å². The number of halogens is 2. The molecule has 8 heteroatoms. The van der Waals surface area contributed by atoms with Gasteiger partial charge in [0.15, 0.2) is 6.61 Å². The van der Waals surface area contributed by atoms with Crippen molar-refractivity contribution < 1.29 is 14.3 Å². The number of hydrogen-bond donors (Lipinski definition) is 1. The number of hydrogen-bond acceptors (Lipinski definition) is 4. The Balaban J connectivity index is 1.61. The van der Waals surface area contributed by atoms with E-state index in [9.17, 15) is 9.59 Å². The summed E-state index contributed by atoms with van der Waals surface area (Å²) in [6.07, 6.45) is 0.565. The van der Waals surface area contributed by atoms with Crippen LogP contribution in [-0.4, -0.2) is 49.5 Å². The molecule has 1 N–H and O–H groups in total. The minimum Gasteiger partial charge on any atom is -0.484 e. The number of carbonyl (C=O) groups excluding carboxylic acids is 2. The van der Waals surface area contributed by atoms with Crippen LogP contribution in [0.15, 0.2) is 42.5 Å². The van der Waals surface area contributed by atoms with Crippen molar-refractivity contribution in [3.05, 3.63) is 52.5 Å². The van der Waals surface area contributed by atoms with E-state index in [0.717, 1.165) is 5.69 Å². The van der Waals surface area contributed by atoms with E-state index in [-0.39, 0.29) is 18.4 Å². The molecule has 3 rings (SSSR count). The molecule has 1 saturated heterocycles. The lowest BCUT2D eigenvalue weighted by Crippen LogP contribution is -2.49. The molecule has 0 aromatic heterocycles. The average molecular weight is 464 g/mol. The molecule has 1 aliphatic rings. The summed E-state index contributed by atoms with van der Waals surface area (Å²) in [5.74, 6) is 0.814. The normalized spacial score (nSPS) is 14.0. The molecule has 166 valence electrons. The van der Waals surface area contributed by atoms with E-state index in [2.05, 4.69) is 10.2 Å². The average Bonchev–Trinajstić information content (AvgIpc) is 2.73. The fourth-order valence-corrected chi connectivity index (χ4v) is 3.72. The van der Waals surface area contributed by atoms with Gasteiger partial charge in [-0.1, -0.05) is 37.0 Å². The minimum atomic E-state index is -0.288. The summed E-state index contributed by atoms with van der Waals surface area (Å²) >= 11 is 12.0. The van der Waals surface area contributed by atoms with Gasteiger partial charge < -0.3 is 19.9 Å². The Morgan fingerprint density at radius 3 is 2.29 bits per heavy atom. The van der Waals surface area contributed by atoms with Crippen LogP contribution in [-0.2, 0) is 9.59 Å². The summed E-state index contributed by atoms with van der Waals surface area (Å²) in [5, 5.41) is 4.03. The van der Waals surface area contributed by atoms with E-state index in [0.29, 0.717) is 60.0 Å². The number of ether oxygens (including phenoxy) is 1. The zero-order chi connectivity index (χ0) is 22.4. The third-order valence-corrected chi connectivity index (χ3v) is 5.46. The SMILES string of the molecule is CC(C)CC(=O)N1CCN(c2ccc(Cl)cc2NC(=O)COc2ccc(Cl)cc2)CC1. The standard InChI is InChI=1S/C23H27Cl2N3O3/c1-16(2)13-23(30)28-11-9-27(10-12-28)21-8-5-18(25)14-20(21)26-22(29)15-31-19-6-3-17(24)4-7-19/h3-8,14,16H,9-13,15H2,1-2H3,(H,26,29). The highest BCUT2D eigenvalue weighted by Gasteiger charge is 2.23. The molecule has 0 atom stereocenters. The van der Waals surface area contributed by atoms with Crippen LogP contribution in [0.5, 0.6) is 5.75 Å². The van der Waals surface area contributed by atoms with Gasteiger partial charge in [0, 0.05) is 42.6 Å². The quantitative estimate of drug-likeness (QED) is 0.645. The number of carbonyl (C=O) groups is 2. The molecular weight excluding hydrogens is 437 g/mol. The van der Waals surface area contributed by atoms with E-state index < -0.39 is 0 Å². The number of nitrogens with zero attached hydrogens (tertiary/aromatic N) is 2. The Hall–Kier alpha value is -2.44. The maximum Gasteiger partial charge on any atom is 0.262 e. The van der Waals surface area contributed by atoms with Crippen molar-refractivity contribution in [3.63, 3.8) is 0 Å². The second-order valence-electron chi connectivity index (χ2n) is 7.92. The molecule has 0 saturated carbocycles. The Morgan fingerprint density at radius 2 is 1.65 bits per heavy atom. The van der Waals surface area contributed by atoms with Crippen molar-refractivity contribution in [2.24, 2.45) is 5.92 Å². The molecule has 0 spiro atoms. The van der Waals surface area contributed by atoms with E-state index >= 15 is 0 Å². The molecule has 0 unspecified atom stereocenters. The van der Waals surface area contributed by atoms with E-state index in [1.165, 1.54) is 0 Å². The van der Waals surface area contributed by atoms with Gasteiger partial charge in [0.05, 0.1) is 11.4 Å². The summed E-state index contributed by atoms with van der Waals surface area (Å²) in [6.45, 7) is 6.65. The van der Waals surface area contributed by atoms with E-state index in [1.54, 1.807) is 36.4 Å². The molecular formula is C23H27Cl2N3O3. The second kappa shape index (κ2) is 10.7. The third kappa shape index (κ3) is 6.77. The molecule has 2 aromatic carbocycles. The highest BCUT2D eigenvalue weighted by atomic mass is 35.5. The van der Waals surface area contributed by atoms with Crippen molar-refractivity contribution >= 4 is 46.4 Å². The first-order chi connectivity index (χ1) is 14.8. The molecule has 2 aromatic rings. The lowest BCUT2D eigenvalue weighted by atomic mass is 10.1. The topological polar surface area (TPSA) is 61.9 Å². The molecule has 0 radical (unpaired) electrons.